The van der Waals surface area contributed by atoms with Crippen LogP contribution in [0.3, 0.4) is 0 Å². The molecule has 1 atom stereocenters. The lowest BCUT2D eigenvalue weighted by molar-refractivity contribution is 0.0598. The Labute approximate surface area is 140 Å². The normalized spacial score (nSPS) is 13.2. The number of carbonyl (C=O) groups excluding carboxylic acids is 1. The Hall–Kier alpha value is -2.05. The molecule has 0 spiro atoms. The number of aryl methyl sites for hydroxylation is 1. The number of aliphatic hydroxyl groups is 1. The van der Waals surface area contributed by atoms with Gasteiger partial charge in [0.15, 0.2) is 0 Å². The average Bonchev–Trinajstić information content (AvgIpc) is 3.06. The molecule has 0 aliphatic rings. The van der Waals surface area contributed by atoms with E-state index in [0.717, 1.165) is 16.9 Å². The molecule has 6 heteroatoms. The zero-order valence-electron chi connectivity index (χ0n) is 13.3. The van der Waals surface area contributed by atoms with Crippen molar-refractivity contribution in [2.45, 2.75) is 19.4 Å². The van der Waals surface area contributed by atoms with E-state index in [-0.39, 0.29) is 12.6 Å². The van der Waals surface area contributed by atoms with Crippen LogP contribution in [0.15, 0.2) is 41.1 Å². The summed E-state index contributed by atoms with van der Waals surface area (Å²) in [4.78, 5) is 11.8. The molecule has 0 bridgehead atoms. The minimum atomic E-state index is -1.07. The summed E-state index contributed by atoms with van der Waals surface area (Å²) >= 11 is 1.51. The van der Waals surface area contributed by atoms with Crippen molar-refractivity contribution < 1.29 is 14.6 Å². The maximum absolute atomic E-state index is 11.8. The van der Waals surface area contributed by atoms with Crippen LogP contribution in [0, 0.1) is 6.92 Å². The van der Waals surface area contributed by atoms with E-state index in [1.807, 2.05) is 48.0 Å². The molecule has 1 unspecified atom stereocenters. The van der Waals surface area contributed by atoms with E-state index < -0.39 is 5.60 Å². The van der Waals surface area contributed by atoms with Crippen LogP contribution in [0.1, 0.15) is 18.1 Å². The Kier molecular flexibility index (Phi) is 6.01. The smallest absolute Gasteiger partial charge is 0.315 e. The summed E-state index contributed by atoms with van der Waals surface area (Å²) < 4.78 is 5.60. The van der Waals surface area contributed by atoms with Crippen molar-refractivity contribution in [3.05, 3.63) is 52.2 Å². The number of thiophene rings is 1. The number of para-hydroxylation sites is 1. The molecule has 0 saturated carbocycles. The molecule has 3 N–H and O–H groups in total. The Bertz CT molecular complexity index is 627. The molecule has 0 radical (unpaired) electrons. The third-order valence-electron chi connectivity index (χ3n) is 3.48. The van der Waals surface area contributed by atoms with Crippen molar-refractivity contribution in [2.24, 2.45) is 0 Å². The van der Waals surface area contributed by atoms with Crippen LogP contribution < -0.4 is 15.4 Å². The SMILES string of the molecule is Cc1ccccc1OCCNC(=O)NCC(C)(O)c1ccsc1. The highest BCUT2D eigenvalue weighted by atomic mass is 32.1. The first-order chi connectivity index (χ1) is 11.0. The Balaban J connectivity index is 1.67. The summed E-state index contributed by atoms with van der Waals surface area (Å²) in [6.45, 7) is 4.58. The highest BCUT2D eigenvalue weighted by Crippen LogP contribution is 2.21. The molecule has 1 aromatic carbocycles. The maximum Gasteiger partial charge on any atom is 0.315 e. The molecule has 0 saturated heterocycles. The summed E-state index contributed by atoms with van der Waals surface area (Å²) in [6, 6.07) is 9.26. The van der Waals surface area contributed by atoms with Gasteiger partial charge in [0, 0.05) is 0 Å². The van der Waals surface area contributed by atoms with Gasteiger partial charge in [-0.15, -0.1) is 0 Å². The fourth-order valence-electron chi connectivity index (χ4n) is 2.03. The largest absolute Gasteiger partial charge is 0.491 e. The summed E-state index contributed by atoms with van der Waals surface area (Å²) in [7, 11) is 0. The first-order valence-corrected chi connectivity index (χ1v) is 8.38. The number of hydrogen-bond acceptors (Lipinski definition) is 4. The van der Waals surface area contributed by atoms with Crippen LogP contribution in [0.5, 0.6) is 5.75 Å². The van der Waals surface area contributed by atoms with Gasteiger partial charge >= 0.3 is 6.03 Å². The average molecular weight is 334 g/mol. The van der Waals surface area contributed by atoms with Gasteiger partial charge in [0.05, 0.1) is 13.1 Å². The van der Waals surface area contributed by atoms with E-state index in [4.69, 9.17) is 4.74 Å². The number of urea groups is 1. The zero-order valence-corrected chi connectivity index (χ0v) is 14.2. The van der Waals surface area contributed by atoms with E-state index in [9.17, 15) is 9.90 Å². The Morgan fingerprint density at radius 2 is 2.09 bits per heavy atom. The second-order valence-corrected chi connectivity index (χ2v) is 6.29. The molecule has 2 aromatic rings. The van der Waals surface area contributed by atoms with E-state index in [1.165, 1.54) is 11.3 Å². The third kappa shape index (κ3) is 5.26. The quantitative estimate of drug-likeness (QED) is 0.682. The summed E-state index contributed by atoms with van der Waals surface area (Å²) in [5, 5.41) is 19.5. The first-order valence-electron chi connectivity index (χ1n) is 7.44. The highest BCUT2D eigenvalue weighted by Gasteiger charge is 2.23. The summed E-state index contributed by atoms with van der Waals surface area (Å²) in [5.41, 5.74) is 0.782. The lowest BCUT2D eigenvalue weighted by Crippen LogP contribution is -2.44. The van der Waals surface area contributed by atoms with Crippen molar-refractivity contribution in [3.8, 4) is 5.75 Å². The van der Waals surface area contributed by atoms with Gasteiger partial charge < -0.3 is 20.5 Å². The van der Waals surface area contributed by atoms with Crippen LogP contribution >= 0.6 is 11.3 Å². The number of ether oxygens (including phenoxy) is 1. The first kappa shape index (κ1) is 17.3. The van der Waals surface area contributed by atoms with Crippen molar-refractivity contribution in [2.75, 3.05) is 19.7 Å². The highest BCUT2D eigenvalue weighted by molar-refractivity contribution is 7.08. The monoisotopic (exact) mass is 334 g/mol. The fraction of sp³-hybridized carbons (Fsp3) is 0.353. The molecule has 2 amide bonds. The number of carbonyl (C=O) groups is 1. The molecule has 0 aliphatic carbocycles. The summed E-state index contributed by atoms with van der Waals surface area (Å²) in [5.74, 6) is 0.815. The minimum Gasteiger partial charge on any atom is -0.491 e. The maximum atomic E-state index is 11.8. The predicted octanol–water partition coefficient (Wildman–Crippen LogP) is 2.64. The molecule has 5 nitrogen and oxygen atoms in total. The molecular formula is C17H22N2O3S. The van der Waals surface area contributed by atoms with E-state index in [2.05, 4.69) is 10.6 Å². The van der Waals surface area contributed by atoms with Gasteiger partial charge in [-0.3, -0.25) is 0 Å². The second-order valence-electron chi connectivity index (χ2n) is 5.51. The van der Waals surface area contributed by atoms with Crippen LogP contribution in [0.25, 0.3) is 0 Å². The molecule has 0 fully saturated rings. The van der Waals surface area contributed by atoms with Crippen molar-refractivity contribution >= 4 is 17.4 Å². The second kappa shape index (κ2) is 7.99. The van der Waals surface area contributed by atoms with E-state index in [0.29, 0.717) is 13.2 Å². The van der Waals surface area contributed by atoms with Gasteiger partial charge in [0.2, 0.25) is 0 Å². The van der Waals surface area contributed by atoms with Gasteiger partial charge in [0.1, 0.15) is 18.0 Å². The minimum absolute atomic E-state index is 0.147. The van der Waals surface area contributed by atoms with Gasteiger partial charge in [0.25, 0.3) is 0 Å². The van der Waals surface area contributed by atoms with Crippen molar-refractivity contribution in [3.63, 3.8) is 0 Å². The molecule has 1 aromatic heterocycles. The topological polar surface area (TPSA) is 70.6 Å². The molecule has 23 heavy (non-hydrogen) atoms. The lowest BCUT2D eigenvalue weighted by atomic mass is 9.99. The molecule has 1 heterocycles. The van der Waals surface area contributed by atoms with E-state index in [1.54, 1.807) is 6.92 Å². The lowest BCUT2D eigenvalue weighted by Gasteiger charge is -2.22. The molecule has 124 valence electrons. The molecule has 2 rings (SSSR count). The predicted molar refractivity (Wildman–Crippen MR) is 92.0 cm³/mol. The van der Waals surface area contributed by atoms with Gasteiger partial charge in [-0.25, -0.2) is 4.79 Å². The Morgan fingerprint density at radius 1 is 1.30 bits per heavy atom. The zero-order chi connectivity index (χ0) is 16.7. The van der Waals surface area contributed by atoms with Crippen LogP contribution in [0.2, 0.25) is 0 Å². The number of amides is 2. The van der Waals surface area contributed by atoms with Gasteiger partial charge in [-0.05, 0) is 47.9 Å². The number of rotatable bonds is 7. The van der Waals surface area contributed by atoms with Gasteiger partial charge in [-0.2, -0.15) is 11.3 Å². The van der Waals surface area contributed by atoms with Crippen LogP contribution in [-0.2, 0) is 5.60 Å². The standard InChI is InChI=1S/C17H22N2O3S/c1-13-5-3-4-6-15(13)22-9-8-18-16(20)19-12-17(2,21)14-7-10-23-11-14/h3-7,10-11,21H,8-9,12H2,1-2H3,(H2,18,19,20). The van der Waals surface area contributed by atoms with Crippen molar-refractivity contribution in [1.82, 2.24) is 10.6 Å². The van der Waals surface area contributed by atoms with Crippen LogP contribution in [0.4, 0.5) is 4.79 Å². The van der Waals surface area contributed by atoms with Gasteiger partial charge in [-0.1, -0.05) is 18.2 Å². The number of hydrogen-bond donors (Lipinski definition) is 3. The fourth-order valence-corrected chi connectivity index (χ4v) is 2.81. The Morgan fingerprint density at radius 3 is 2.78 bits per heavy atom. The third-order valence-corrected chi connectivity index (χ3v) is 4.16. The van der Waals surface area contributed by atoms with Crippen molar-refractivity contribution in [1.29, 1.82) is 0 Å². The van der Waals surface area contributed by atoms with E-state index >= 15 is 0 Å². The number of nitrogens with one attached hydrogen (secondary N) is 2. The molecular weight excluding hydrogens is 312 g/mol. The number of benzene rings is 1. The summed E-state index contributed by atoms with van der Waals surface area (Å²) in [6.07, 6.45) is 0. The molecule has 0 aliphatic heterocycles. The van der Waals surface area contributed by atoms with Crippen LogP contribution in [-0.4, -0.2) is 30.8 Å².